The van der Waals surface area contributed by atoms with E-state index in [1.165, 1.54) is 44.9 Å². The number of carbonyl (C=O) groups is 1. The van der Waals surface area contributed by atoms with Crippen LogP contribution in [-0.4, -0.2) is 69.5 Å². The fourth-order valence-corrected chi connectivity index (χ4v) is 5.48. The fourth-order valence-electron chi connectivity index (χ4n) is 5.48. The average Bonchev–Trinajstić information content (AvgIpc) is 3.17. The van der Waals surface area contributed by atoms with E-state index in [9.17, 15) is 4.79 Å². The molecule has 1 saturated carbocycles. The molecule has 5 rings (SSSR count). The van der Waals surface area contributed by atoms with E-state index in [2.05, 4.69) is 51.1 Å². The van der Waals surface area contributed by atoms with E-state index in [1.807, 2.05) is 29.3 Å². The second-order valence-corrected chi connectivity index (χ2v) is 10.1. The molecule has 2 aromatic rings. The number of anilines is 1. The lowest BCUT2D eigenvalue weighted by atomic mass is 9.97. The highest BCUT2D eigenvalue weighted by molar-refractivity contribution is 5.85. The van der Waals surface area contributed by atoms with Crippen LogP contribution in [0, 0.1) is 5.92 Å². The Kier molecular flexibility index (Phi) is 10.9. The lowest BCUT2D eigenvalue weighted by Crippen LogP contribution is -2.54. The van der Waals surface area contributed by atoms with Crippen molar-refractivity contribution in [2.45, 2.75) is 65.2 Å². The first-order valence-corrected chi connectivity index (χ1v) is 14.6. The molecule has 2 aromatic heterocycles. The monoisotopic (exact) mass is 519 g/mol. The molecule has 8 heteroatoms. The van der Waals surface area contributed by atoms with Crippen LogP contribution in [0.4, 0.5) is 5.82 Å². The van der Waals surface area contributed by atoms with Gasteiger partial charge in [0, 0.05) is 50.7 Å². The molecule has 0 spiro atoms. The van der Waals surface area contributed by atoms with E-state index < -0.39 is 0 Å². The zero-order valence-electron chi connectivity index (χ0n) is 23.2. The third kappa shape index (κ3) is 7.54. The molecular weight excluding hydrogens is 474 g/mol. The molecule has 0 atom stereocenters. The maximum Gasteiger partial charge on any atom is 0.242 e. The van der Waals surface area contributed by atoms with E-state index >= 15 is 0 Å². The lowest BCUT2D eigenvalue weighted by molar-refractivity contribution is -0.131. The van der Waals surface area contributed by atoms with E-state index in [-0.39, 0.29) is 12.5 Å². The summed E-state index contributed by atoms with van der Waals surface area (Å²) in [6.45, 7) is 8.52. The van der Waals surface area contributed by atoms with Crippen molar-refractivity contribution in [1.29, 1.82) is 0 Å². The molecular formula is C30H45N7O. The van der Waals surface area contributed by atoms with Crippen molar-refractivity contribution in [3.05, 3.63) is 54.7 Å². The maximum atomic E-state index is 13.1. The van der Waals surface area contributed by atoms with Gasteiger partial charge in [0.05, 0.1) is 12.7 Å². The van der Waals surface area contributed by atoms with Crippen molar-refractivity contribution in [2.75, 3.05) is 44.6 Å². The lowest BCUT2D eigenvalue weighted by Gasteiger charge is -2.35. The topological polar surface area (TPSA) is 77.8 Å². The van der Waals surface area contributed by atoms with Crippen LogP contribution >= 0.6 is 0 Å². The summed E-state index contributed by atoms with van der Waals surface area (Å²) in [6, 6.07) is 0. The second kappa shape index (κ2) is 14.8. The van der Waals surface area contributed by atoms with Crippen LogP contribution in [0.2, 0.25) is 0 Å². The normalized spacial score (nSPS) is 18.9. The molecule has 1 amide bonds. The van der Waals surface area contributed by atoms with Gasteiger partial charge in [0.2, 0.25) is 5.91 Å². The summed E-state index contributed by atoms with van der Waals surface area (Å²) in [6.07, 6.45) is 26.4. The van der Waals surface area contributed by atoms with Gasteiger partial charge in [0.25, 0.3) is 0 Å². The molecule has 3 aliphatic rings. The van der Waals surface area contributed by atoms with Crippen LogP contribution in [0.1, 0.15) is 70.9 Å². The highest BCUT2D eigenvalue weighted by Gasteiger charge is 2.22. The SMILES string of the molecule is CC.O=C(CNc1c(C2=CC=CCC=C2)nc2cnccn12)N1CCN(NCCC2CCCCCC2)CC1. The first-order valence-electron chi connectivity index (χ1n) is 14.6. The number of fused-ring (bicyclic) bond motifs is 1. The standard InChI is InChI=1S/C28H39N7O.C2H6/c36-26(33-17-19-34(20-18-33)31-14-13-23-9-5-1-2-6-10-23)22-30-28-27(24-11-7-3-4-8-12-24)32-25-21-29-15-16-35(25)28;1-2/h3,7-8,11-12,15-16,21,23,30-31H,1-2,4-6,9-10,13-14,17-20,22H2;1-2H3. The van der Waals surface area contributed by atoms with Gasteiger partial charge in [-0.2, -0.15) is 0 Å². The number of aromatic nitrogens is 3. The zero-order valence-corrected chi connectivity index (χ0v) is 23.2. The van der Waals surface area contributed by atoms with Crippen LogP contribution in [0.5, 0.6) is 0 Å². The molecule has 2 fully saturated rings. The molecule has 0 radical (unpaired) electrons. The number of allylic oxidation sites excluding steroid dienone is 6. The van der Waals surface area contributed by atoms with Crippen molar-refractivity contribution >= 4 is 22.9 Å². The molecule has 2 aliphatic carbocycles. The smallest absolute Gasteiger partial charge is 0.242 e. The summed E-state index contributed by atoms with van der Waals surface area (Å²) in [5.74, 6) is 1.83. The van der Waals surface area contributed by atoms with Gasteiger partial charge in [-0.1, -0.05) is 82.8 Å². The van der Waals surface area contributed by atoms with Crippen molar-refractivity contribution in [3.63, 3.8) is 0 Å². The Labute approximate surface area is 227 Å². The Morgan fingerprint density at radius 1 is 1.05 bits per heavy atom. The van der Waals surface area contributed by atoms with Crippen LogP contribution in [0.3, 0.4) is 0 Å². The average molecular weight is 520 g/mol. The summed E-state index contributed by atoms with van der Waals surface area (Å²) < 4.78 is 1.97. The Bertz CT molecular complexity index is 1100. The van der Waals surface area contributed by atoms with E-state index in [1.54, 1.807) is 12.4 Å². The molecule has 206 valence electrons. The number of hydrazine groups is 1. The molecule has 3 heterocycles. The third-order valence-corrected chi connectivity index (χ3v) is 7.59. The largest absolute Gasteiger partial charge is 0.360 e. The van der Waals surface area contributed by atoms with Gasteiger partial charge in [-0.05, 0) is 18.8 Å². The van der Waals surface area contributed by atoms with Crippen molar-refractivity contribution in [2.24, 2.45) is 5.92 Å². The van der Waals surface area contributed by atoms with Crippen LogP contribution in [0.25, 0.3) is 11.2 Å². The van der Waals surface area contributed by atoms with Crippen LogP contribution < -0.4 is 10.7 Å². The molecule has 1 saturated heterocycles. The van der Waals surface area contributed by atoms with Gasteiger partial charge in [-0.25, -0.2) is 9.99 Å². The van der Waals surface area contributed by atoms with Gasteiger partial charge in [0.15, 0.2) is 5.65 Å². The minimum atomic E-state index is 0.119. The molecule has 8 nitrogen and oxygen atoms in total. The number of rotatable bonds is 8. The van der Waals surface area contributed by atoms with Crippen molar-refractivity contribution in [1.82, 2.24) is 29.7 Å². The molecule has 38 heavy (non-hydrogen) atoms. The summed E-state index contributed by atoms with van der Waals surface area (Å²) in [5.41, 5.74) is 6.23. The van der Waals surface area contributed by atoms with Crippen LogP contribution in [0.15, 0.2) is 49.0 Å². The summed E-state index contributed by atoms with van der Waals surface area (Å²) in [5, 5.41) is 5.68. The number of hydrogen-bond donors (Lipinski definition) is 2. The Balaban J connectivity index is 0.00000164. The van der Waals surface area contributed by atoms with E-state index in [0.29, 0.717) is 0 Å². The van der Waals surface area contributed by atoms with Crippen LogP contribution in [-0.2, 0) is 4.79 Å². The number of piperazine rings is 1. The summed E-state index contributed by atoms with van der Waals surface area (Å²) >= 11 is 0. The highest BCUT2D eigenvalue weighted by Crippen LogP contribution is 2.27. The van der Waals surface area contributed by atoms with E-state index in [4.69, 9.17) is 4.98 Å². The van der Waals surface area contributed by atoms with Gasteiger partial charge < -0.3 is 10.2 Å². The first-order chi connectivity index (χ1) is 18.8. The Morgan fingerprint density at radius 3 is 2.63 bits per heavy atom. The second-order valence-electron chi connectivity index (χ2n) is 10.1. The molecule has 0 aromatic carbocycles. The predicted octanol–water partition coefficient (Wildman–Crippen LogP) is 5.08. The first kappa shape index (κ1) is 28.0. The summed E-state index contributed by atoms with van der Waals surface area (Å²) in [4.78, 5) is 24.0. The quantitative estimate of drug-likeness (QED) is 0.474. The minimum Gasteiger partial charge on any atom is -0.360 e. The molecule has 0 bridgehead atoms. The number of nitrogens with zero attached hydrogens (tertiary/aromatic N) is 5. The van der Waals surface area contributed by atoms with Gasteiger partial charge in [-0.15, -0.1) is 0 Å². The fraction of sp³-hybridized carbons (Fsp3) is 0.567. The number of nitrogens with one attached hydrogen (secondary N) is 2. The number of carbonyl (C=O) groups excluding carboxylic acids is 1. The number of hydrogen-bond acceptors (Lipinski definition) is 6. The van der Waals surface area contributed by atoms with Gasteiger partial charge >= 0.3 is 0 Å². The third-order valence-electron chi connectivity index (χ3n) is 7.59. The molecule has 1 aliphatic heterocycles. The van der Waals surface area contributed by atoms with Crippen molar-refractivity contribution < 1.29 is 4.79 Å². The van der Waals surface area contributed by atoms with Gasteiger partial charge in [-0.3, -0.25) is 19.6 Å². The zero-order chi connectivity index (χ0) is 26.6. The van der Waals surface area contributed by atoms with Gasteiger partial charge in [0.1, 0.15) is 11.5 Å². The summed E-state index contributed by atoms with van der Waals surface area (Å²) in [7, 11) is 0. The number of amides is 1. The highest BCUT2D eigenvalue weighted by atomic mass is 16.2. The predicted molar refractivity (Wildman–Crippen MR) is 156 cm³/mol. The molecule has 0 unspecified atom stereocenters. The number of imidazole rings is 1. The van der Waals surface area contributed by atoms with E-state index in [0.717, 1.165) is 67.8 Å². The molecule has 2 N–H and O–H groups in total. The minimum absolute atomic E-state index is 0.119. The maximum absolute atomic E-state index is 13.1. The Hall–Kier alpha value is -2.97. The Morgan fingerprint density at radius 2 is 1.84 bits per heavy atom. The van der Waals surface area contributed by atoms with Crippen molar-refractivity contribution in [3.8, 4) is 0 Å².